The molecule has 0 aromatic heterocycles. The summed E-state index contributed by atoms with van der Waals surface area (Å²) < 4.78 is 0. The Morgan fingerprint density at radius 3 is 2.94 bits per heavy atom. The van der Waals surface area contributed by atoms with Crippen LogP contribution in [-0.4, -0.2) is 36.0 Å². The lowest BCUT2D eigenvalue weighted by atomic mass is 10.1. The minimum Gasteiger partial charge on any atom is -0.336 e. The number of carbonyl (C=O) groups is 1. The van der Waals surface area contributed by atoms with Gasteiger partial charge in [-0.3, -0.25) is 4.79 Å². The second-order valence-electron chi connectivity index (χ2n) is 4.94. The highest BCUT2D eigenvalue weighted by Crippen LogP contribution is 2.37. The molecule has 1 amide bonds. The summed E-state index contributed by atoms with van der Waals surface area (Å²) in [5.41, 5.74) is 0.919. The molecule has 0 unspecified atom stereocenters. The normalized spacial score (nSPS) is 21.6. The highest BCUT2D eigenvalue weighted by atomic mass is 35.5. The van der Waals surface area contributed by atoms with Crippen LogP contribution in [0.25, 0.3) is 0 Å². The number of hydrogen-bond acceptors (Lipinski definition) is 2. The van der Waals surface area contributed by atoms with Gasteiger partial charge in [0.2, 0.25) is 0 Å². The minimum atomic E-state index is 0.0975. The number of nitrogens with zero attached hydrogens (tertiary/aromatic N) is 1. The SMILES string of the molecule is O=C(c1cccc(Cl)c1)N1CCNC2(CC2)C1. The molecule has 1 spiro atoms. The summed E-state index contributed by atoms with van der Waals surface area (Å²) >= 11 is 5.91. The Morgan fingerprint density at radius 1 is 1.41 bits per heavy atom. The molecular formula is C13H15ClN2O. The predicted octanol–water partition coefficient (Wildman–Crippen LogP) is 1.92. The fourth-order valence-electron chi connectivity index (χ4n) is 2.42. The van der Waals surface area contributed by atoms with Crippen LogP contribution in [0.3, 0.4) is 0 Å². The number of carbonyl (C=O) groups excluding carboxylic acids is 1. The maximum absolute atomic E-state index is 12.3. The Morgan fingerprint density at radius 2 is 2.24 bits per heavy atom. The van der Waals surface area contributed by atoms with Crippen LogP contribution < -0.4 is 5.32 Å². The van der Waals surface area contributed by atoms with E-state index in [0.717, 1.165) is 19.6 Å². The number of rotatable bonds is 1. The summed E-state index contributed by atoms with van der Waals surface area (Å²) in [4.78, 5) is 14.2. The summed E-state index contributed by atoms with van der Waals surface area (Å²) in [5, 5.41) is 4.11. The van der Waals surface area contributed by atoms with Gasteiger partial charge in [-0.25, -0.2) is 0 Å². The number of halogens is 1. The number of amides is 1. The van der Waals surface area contributed by atoms with E-state index in [1.54, 1.807) is 12.1 Å². The third-order valence-electron chi connectivity index (χ3n) is 3.59. The van der Waals surface area contributed by atoms with Gasteiger partial charge in [0.25, 0.3) is 5.91 Å². The topological polar surface area (TPSA) is 32.3 Å². The van der Waals surface area contributed by atoms with Gasteiger partial charge in [0, 0.05) is 35.8 Å². The molecule has 1 saturated carbocycles. The zero-order valence-corrected chi connectivity index (χ0v) is 10.3. The van der Waals surface area contributed by atoms with Gasteiger partial charge in [0.1, 0.15) is 0 Å². The third kappa shape index (κ3) is 2.17. The van der Waals surface area contributed by atoms with E-state index >= 15 is 0 Å². The smallest absolute Gasteiger partial charge is 0.254 e. The van der Waals surface area contributed by atoms with Gasteiger partial charge in [-0.1, -0.05) is 17.7 Å². The zero-order valence-electron chi connectivity index (χ0n) is 9.58. The largest absolute Gasteiger partial charge is 0.336 e. The quantitative estimate of drug-likeness (QED) is 0.826. The Bertz CT molecular complexity index is 456. The van der Waals surface area contributed by atoms with Crippen LogP contribution in [0.4, 0.5) is 0 Å². The maximum Gasteiger partial charge on any atom is 0.254 e. The van der Waals surface area contributed by atoms with Crippen molar-refractivity contribution in [1.29, 1.82) is 0 Å². The van der Waals surface area contributed by atoms with Crippen molar-refractivity contribution >= 4 is 17.5 Å². The van der Waals surface area contributed by atoms with Gasteiger partial charge in [-0.15, -0.1) is 0 Å². The number of benzene rings is 1. The van der Waals surface area contributed by atoms with E-state index in [2.05, 4.69) is 5.32 Å². The molecule has 3 nitrogen and oxygen atoms in total. The second kappa shape index (κ2) is 4.00. The first-order valence-corrected chi connectivity index (χ1v) is 6.36. The Kier molecular flexibility index (Phi) is 2.60. The van der Waals surface area contributed by atoms with Gasteiger partial charge in [-0.05, 0) is 31.0 Å². The third-order valence-corrected chi connectivity index (χ3v) is 3.82. The van der Waals surface area contributed by atoms with Gasteiger partial charge in [-0.2, -0.15) is 0 Å². The lowest BCUT2D eigenvalue weighted by molar-refractivity contribution is 0.0691. The molecule has 1 N–H and O–H groups in total. The highest BCUT2D eigenvalue weighted by Gasteiger charge is 2.46. The molecule has 1 aliphatic heterocycles. The van der Waals surface area contributed by atoms with Crippen molar-refractivity contribution in [1.82, 2.24) is 10.2 Å². The monoisotopic (exact) mass is 250 g/mol. The van der Waals surface area contributed by atoms with Crippen LogP contribution in [0.2, 0.25) is 5.02 Å². The lowest BCUT2D eigenvalue weighted by Gasteiger charge is -2.34. The van der Waals surface area contributed by atoms with E-state index in [1.807, 2.05) is 17.0 Å². The van der Waals surface area contributed by atoms with Gasteiger partial charge >= 0.3 is 0 Å². The van der Waals surface area contributed by atoms with Crippen LogP contribution in [0.15, 0.2) is 24.3 Å². The molecule has 4 heteroatoms. The summed E-state index contributed by atoms with van der Waals surface area (Å²) in [5.74, 6) is 0.0975. The first-order chi connectivity index (χ1) is 8.19. The average Bonchev–Trinajstić information content (AvgIpc) is 3.07. The molecule has 90 valence electrons. The molecular weight excluding hydrogens is 236 g/mol. The van der Waals surface area contributed by atoms with Crippen molar-refractivity contribution in [2.45, 2.75) is 18.4 Å². The van der Waals surface area contributed by atoms with Crippen molar-refractivity contribution < 1.29 is 4.79 Å². The van der Waals surface area contributed by atoms with Crippen molar-refractivity contribution in [2.75, 3.05) is 19.6 Å². The van der Waals surface area contributed by atoms with E-state index in [0.29, 0.717) is 10.6 Å². The average molecular weight is 251 g/mol. The molecule has 1 aromatic rings. The molecule has 1 aliphatic carbocycles. The molecule has 2 aliphatic rings. The fraction of sp³-hybridized carbons (Fsp3) is 0.462. The van der Waals surface area contributed by atoms with E-state index < -0.39 is 0 Å². The molecule has 3 rings (SSSR count). The van der Waals surface area contributed by atoms with Crippen molar-refractivity contribution in [3.05, 3.63) is 34.9 Å². The van der Waals surface area contributed by atoms with Gasteiger partial charge in [0.05, 0.1) is 0 Å². The second-order valence-corrected chi connectivity index (χ2v) is 5.38. The van der Waals surface area contributed by atoms with E-state index in [-0.39, 0.29) is 11.4 Å². The van der Waals surface area contributed by atoms with E-state index in [4.69, 9.17) is 11.6 Å². The number of piperazine rings is 1. The van der Waals surface area contributed by atoms with Crippen molar-refractivity contribution in [2.24, 2.45) is 0 Å². The van der Waals surface area contributed by atoms with E-state index in [1.165, 1.54) is 12.8 Å². The molecule has 1 saturated heterocycles. The van der Waals surface area contributed by atoms with Crippen molar-refractivity contribution in [3.8, 4) is 0 Å². The Hall–Kier alpha value is -1.06. The molecule has 0 radical (unpaired) electrons. The Balaban J connectivity index is 1.77. The van der Waals surface area contributed by atoms with Crippen LogP contribution in [-0.2, 0) is 0 Å². The molecule has 2 fully saturated rings. The maximum atomic E-state index is 12.3. The summed E-state index contributed by atoms with van der Waals surface area (Å²) in [6.07, 6.45) is 2.37. The molecule has 17 heavy (non-hydrogen) atoms. The first-order valence-electron chi connectivity index (χ1n) is 5.98. The van der Waals surface area contributed by atoms with Crippen molar-refractivity contribution in [3.63, 3.8) is 0 Å². The lowest BCUT2D eigenvalue weighted by Crippen LogP contribution is -2.54. The number of nitrogens with one attached hydrogen (secondary N) is 1. The van der Waals surface area contributed by atoms with Crippen LogP contribution in [0.5, 0.6) is 0 Å². The zero-order chi connectivity index (χ0) is 11.9. The van der Waals surface area contributed by atoms with Crippen LogP contribution >= 0.6 is 11.6 Å². The Labute approximate surface area is 106 Å². The fourth-order valence-corrected chi connectivity index (χ4v) is 2.61. The van der Waals surface area contributed by atoms with Crippen LogP contribution in [0, 0.1) is 0 Å². The number of hydrogen-bond donors (Lipinski definition) is 1. The summed E-state index contributed by atoms with van der Waals surface area (Å²) in [7, 11) is 0. The van der Waals surface area contributed by atoms with Gasteiger partial charge in [0.15, 0.2) is 0 Å². The standard InChI is InChI=1S/C13H15ClN2O/c14-11-3-1-2-10(8-11)12(17)16-7-6-15-13(9-16)4-5-13/h1-3,8,15H,4-7,9H2. The molecule has 0 bridgehead atoms. The minimum absolute atomic E-state index is 0.0975. The molecule has 0 atom stereocenters. The molecule has 1 aromatic carbocycles. The summed E-state index contributed by atoms with van der Waals surface area (Å²) in [6, 6.07) is 7.18. The first kappa shape index (κ1) is 11.1. The van der Waals surface area contributed by atoms with Gasteiger partial charge < -0.3 is 10.2 Å². The van der Waals surface area contributed by atoms with E-state index in [9.17, 15) is 4.79 Å². The van der Waals surface area contributed by atoms with Crippen LogP contribution in [0.1, 0.15) is 23.2 Å². The predicted molar refractivity (Wildman–Crippen MR) is 67.3 cm³/mol. The molecule has 1 heterocycles. The summed E-state index contributed by atoms with van der Waals surface area (Å²) in [6.45, 7) is 2.51. The highest BCUT2D eigenvalue weighted by molar-refractivity contribution is 6.30.